The highest BCUT2D eigenvalue weighted by atomic mass is 32.2. The van der Waals surface area contributed by atoms with Crippen LogP contribution in [0, 0.1) is 0 Å². The summed E-state index contributed by atoms with van der Waals surface area (Å²) in [4.78, 5) is 13.9. The monoisotopic (exact) mass is 390 g/mol. The number of carbonyl (C=O) groups is 1. The van der Waals surface area contributed by atoms with Gasteiger partial charge in [-0.15, -0.1) is 0 Å². The Kier molecular flexibility index (Phi) is 5.30. The standard InChI is InChI=1S/C17H21F3N2O3S/c18-17(19,20)14-7-5-13(6-8-14)16(23)21-9-11-22(12-10-21)26(24,25)15-3-1-2-4-15/h5-8,15H,1-4,9-12H2. The first-order valence-electron chi connectivity index (χ1n) is 8.65. The van der Waals surface area contributed by atoms with Crippen molar-refractivity contribution in [2.24, 2.45) is 0 Å². The Labute approximate surface area is 150 Å². The maximum absolute atomic E-state index is 12.6. The molecule has 0 atom stereocenters. The lowest BCUT2D eigenvalue weighted by Crippen LogP contribution is -2.52. The second-order valence-electron chi connectivity index (χ2n) is 6.72. The predicted octanol–water partition coefficient (Wildman–Crippen LogP) is 2.74. The van der Waals surface area contributed by atoms with Gasteiger partial charge in [-0.25, -0.2) is 8.42 Å². The van der Waals surface area contributed by atoms with Crippen molar-refractivity contribution in [2.75, 3.05) is 26.2 Å². The van der Waals surface area contributed by atoms with Crippen LogP contribution in [0.1, 0.15) is 41.6 Å². The van der Waals surface area contributed by atoms with Gasteiger partial charge in [0.2, 0.25) is 10.0 Å². The number of hydrogen-bond acceptors (Lipinski definition) is 3. The SMILES string of the molecule is O=C(c1ccc(C(F)(F)F)cc1)N1CCN(S(=O)(=O)C2CCCC2)CC1. The van der Waals surface area contributed by atoms with Crippen LogP contribution in [0.25, 0.3) is 0 Å². The molecule has 0 unspecified atom stereocenters. The summed E-state index contributed by atoms with van der Waals surface area (Å²) in [6, 6.07) is 4.08. The fourth-order valence-corrected chi connectivity index (χ4v) is 5.55. The molecule has 9 heteroatoms. The third kappa shape index (κ3) is 3.88. The zero-order valence-corrected chi connectivity index (χ0v) is 15.0. The average Bonchev–Trinajstić information content (AvgIpc) is 3.16. The van der Waals surface area contributed by atoms with Gasteiger partial charge >= 0.3 is 6.18 Å². The highest BCUT2D eigenvalue weighted by molar-refractivity contribution is 7.89. The summed E-state index contributed by atoms with van der Waals surface area (Å²) in [6.07, 6.45) is -1.21. The fraction of sp³-hybridized carbons (Fsp3) is 0.588. The third-order valence-corrected chi connectivity index (χ3v) is 7.47. The van der Waals surface area contributed by atoms with E-state index in [0.717, 1.165) is 37.1 Å². The largest absolute Gasteiger partial charge is 0.416 e. The van der Waals surface area contributed by atoms with Crippen LogP contribution in [0.2, 0.25) is 0 Å². The van der Waals surface area contributed by atoms with E-state index < -0.39 is 21.8 Å². The molecule has 1 aliphatic heterocycles. The minimum atomic E-state index is -4.44. The summed E-state index contributed by atoms with van der Waals surface area (Å²) in [6.45, 7) is 0.939. The van der Waals surface area contributed by atoms with Gasteiger partial charge in [0.1, 0.15) is 0 Å². The zero-order valence-electron chi connectivity index (χ0n) is 14.2. The van der Waals surface area contributed by atoms with Crippen LogP contribution in [0.15, 0.2) is 24.3 Å². The Morgan fingerprint density at radius 2 is 1.50 bits per heavy atom. The van der Waals surface area contributed by atoms with Crippen molar-refractivity contribution in [3.63, 3.8) is 0 Å². The van der Waals surface area contributed by atoms with Gasteiger partial charge in [0.05, 0.1) is 10.8 Å². The van der Waals surface area contributed by atoms with Crippen LogP contribution in [0.3, 0.4) is 0 Å². The maximum Gasteiger partial charge on any atom is 0.416 e. The number of halogens is 3. The molecule has 1 saturated carbocycles. The number of hydrogen-bond donors (Lipinski definition) is 0. The van der Waals surface area contributed by atoms with Crippen molar-refractivity contribution in [3.8, 4) is 0 Å². The quantitative estimate of drug-likeness (QED) is 0.798. The molecule has 1 amide bonds. The molecule has 1 aromatic carbocycles. The van der Waals surface area contributed by atoms with E-state index in [-0.39, 0.29) is 42.9 Å². The number of rotatable bonds is 3. The molecule has 1 heterocycles. The van der Waals surface area contributed by atoms with Crippen molar-refractivity contribution in [1.29, 1.82) is 0 Å². The second kappa shape index (κ2) is 7.19. The summed E-state index contributed by atoms with van der Waals surface area (Å²) < 4.78 is 64.4. The number of carbonyl (C=O) groups excluding carboxylic acids is 1. The van der Waals surface area contributed by atoms with Gasteiger partial charge in [0.15, 0.2) is 0 Å². The molecule has 1 aliphatic carbocycles. The molecule has 5 nitrogen and oxygen atoms in total. The van der Waals surface area contributed by atoms with Crippen molar-refractivity contribution in [3.05, 3.63) is 35.4 Å². The molecule has 1 aromatic rings. The molecule has 3 rings (SSSR count). The minimum Gasteiger partial charge on any atom is -0.336 e. The van der Waals surface area contributed by atoms with E-state index in [1.165, 1.54) is 9.21 Å². The zero-order chi connectivity index (χ0) is 18.9. The number of benzene rings is 1. The Hall–Kier alpha value is -1.61. The van der Waals surface area contributed by atoms with Gasteiger partial charge in [-0.05, 0) is 37.1 Å². The van der Waals surface area contributed by atoms with Gasteiger partial charge in [-0.3, -0.25) is 4.79 Å². The molecule has 0 spiro atoms. The van der Waals surface area contributed by atoms with Gasteiger partial charge in [0.25, 0.3) is 5.91 Å². The fourth-order valence-electron chi connectivity index (χ4n) is 3.53. The van der Waals surface area contributed by atoms with Crippen LogP contribution >= 0.6 is 0 Å². The number of piperazine rings is 1. The second-order valence-corrected chi connectivity index (χ2v) is 8.93. The topological polar surface area (TPSA) is 57.7 Å². The van der Waals surface area contributed by atoms with Crippen LogP contribution in [0.4, 0.5) is 13.2 Å². The summed E-state index contributed by atoms with van der Waals surface area (Å²) in [7, 11) is -3.33. The molecular formula is C17H21F3N2O3S. The van der Waals surface area contributed by atoms with Crippen LogP contribution in [0.5, 0.6) is 0 Å². The van der Waals surface area contributed by atoms with E-state index in [9.17, 15) is 26.4 Å². The molecule has 0 aromatic heterocycles. The molecule has 2 fully saturated rings. The molecule has 26 heavy (non-hydrogen) atoms. The normalized spacial score (nSPS) is 20.5. The van der Waals surface area contributed by atoms with Crippen molar-refractivity contribution in [1.82, 2.24) is 9.21 Å². The third-order valence-electron chi connectivity index (χ3n) is 5.07. The molecule has 144 valence electrons. The Bertz CT molecular complexity index is 748. The van der Waals surface area contributed by atoms with Crippen LogP contribution in [-0.2, 0) is 16.2 Å². The molecule has 1 saturated heterocycles. The molecule has 0 bridgehead atoms. The molecule has 0 radical (unpaired) electrons. The van der Waals surface area contributed by atoms with Crippen LogP contribution in [-0.4, -0.2) is 55.0 Å². The van der Waals surface area contributed by atoms with E-state index in [2.05, 4.69) is 0 Å². The van der Waals surface area contributed by atoms with Crippen molar-refractivity contribution >= 4 is 15.9 Å². The lowest BCUT2D eigenvalue weighted by atomic mass is 10.1. The highest BCUT2D eigenvalue weighted by Crippen LogP contribution is 2.30. The Morgan fingerprint density at radius 3 is 2.00 bits per heavy atom. The van der Waals surface area contributed by atoms with Gasteiger partial charge < -0.3 is 4.90 Å². The Morgan fingerprint density at radius 1 is 0.962 bits per heavy atom. The summed E-state index contributed by atoms with van der Waals surface area (Å²) in [5, 5.41) is -0.320. The van der Waals surface area contributed by atoms with E-state index in [1.54, 1.807) is 0 Å². The van der Waals surface area contributed by atoms with Crippen molar-refractivity contribution in [2.45, 2.75) is 37.1 Å². The van der Waals surface area contributed by atoms with E-state index in [0.29, 0.717) is 12.8 Å². The number of alkyl halides is 3. The number of nitrogens with zero attached hydrogens (tertiary/aromatic N) is 2. The van der Waals surface area contributed by atoms with Gasteiger partial charge in [0, 0.05) is 31.7 Å². The molecular weight excluding hydrogens is 369 g/mol. The molecule has 0 N–H and O–H groups in total. The smallest absolute Gasteiger partial charge is 0.336 e. The number of sulfonamides is 1. The summed E-state index contributed by atoms with van der Waals surface area (Å²) in [5.41, 5.74) is -0.633. The summed E-state index contributed by atoms with van der Waals surface area (Å²) >= 11 is 0. The number of amides is 1. The first-order chi connectivity index (χ1) is 12.2. The minimum absolute atomic E-state index is 0.171. The van der Waals surface area contributed by atoms with E-state index in [1.807, 2.05) is 0 Å². The molecule has 2 aliphatic rings. The van der Waals surface area contributed by atoms with Gasteiger partial charge in [-0.2, -0.15) is 17.5 Å². The lowest BCUT2D eigenvalue weighted by molar-refractivity contribution is -0.137. The lowest BCUT2D eigenvalue weighted by Gasteiger charge is -2.35. The van der Waals surface area contributed by atoms with E-state index >= 15 is 0 Å². The first-order valence-corrected chi connectivity index (χ1v) is 10.2. The average molecular weight is 390 g/mol. The first kappa shape index (κ1) is 19.2. The predicted molar refractivity (Wildman–Crippen MR) is 90.1 cm³/mol. The highest BCUT2D eigenvalue weighted by Gasteiger charge is 2.36. The maximum atomic E-state index is 12.6. The Balaban J connectivity index is 1.61. The van der Waals surface area contributed by atoms with Crippen LogP contribution < -0.4 is 0 Å². The van der Waals surface area contributed by atoms with Crippen molar-refractivity contribution < 1.29 is 26.4 Å². The van der Waals surface area contributed by atoms with E-state index in [4.69, 9.17) is 0 Å². The summed E-state index contributed by atoms with van der Waals surface area (Å²) in [5.74, 6) is -0.378. The van der Waals surface area contributed by atoms with Gasteiger partial charge in [-0.1, -0.05) is 12.8 Å².